The Balaban J connectivity index is 1.43. The second kappa shape index (κ2) is 10.4. The van der Waals surface area contributed by atoms with E-state index in [2.05, 4.69) is 25.5 Å². The second-order valence-corrected chi connectivity index (χ2v) is 9.30. The number of aryl methyl sites for hydroxylation is 1. The van der Waals surface area contributed by atoms with E-state index >= 15 is 0 Å². The second-order valence-electron chi connectivity index (χ2n) is 9.30. The Morgan fingerprint density at radius 2 is 2.09 bits per heavy atom. The summed E-state index contributed by atoms with van der Waals surface area (Å²) in [6.45, 7) is 3.94. The molecule has 1 saturated carbocycles. The van der Waals surface area contributed by atoms with Gasteiger partial charge in [-0.3, -0.25) is 19.3 Å². The molecule has 0 radical (unpaired) electrons. The maximum absolute atomic E-state index is 13.6. The van der Waals surface area contributed by atoms with Crippen LogP contribution in [0.3, 0.4) is 0 Å². The first-order chi connectivity index (χ1) is 17.1. The van der Waals surface area contributed by atoms with Crippen LogP contribution in [-0.4, -0.2) is 60.8 Å². The number of aromatic nitrogens is 5. The van der Waals surface area contributed by atoms with Crippen LogP contribution in [0.15, 0.2) is 41.3 Å². The number of rotatable bonds is 4. The van der Waals surface area contributed by atoms with E-state index in [4.69, 9.17) is 4.52 Å². The number of carbonyl (C=O) groups excluding carboxylic acids is 2. The highest BCUT2D eigenvalue weighted by atomic mass is 16.5. The van der Waals surface area contributed by atoms with Gasteiger partial charge in [0.05, 0.1) is 5.92 Å². The molecule has 0 unspecified atom stereocenters. The number of hydrogen-bond donors (Lipinski definition) is 1. The molecule has 0 spiro atoms. The number of hydrogen-bond acceptors (Lipinski definition) is 7. The van der Waals surface area contributed by atoms with Gasteiger partial charge in [-0.2, -0.15) is 10.1 Å². The van der Waals surface area contributed by atoms with E-state index in [0.29, 0.717) is 49.9 Å². The lowest BCUT2D eigenvalue weighted by atomic mass is 10.00. The van der Waals surface area contributed by atoms with Crippen LogP contribution in [0.25, 0.3) is 11.4 Å². The Morgan fingerprint density at radius 3 is 2.89 bits per heavy atom. The Morgan fingerprint density at radius 1 is 1.20 bits per heavy atom. The van der Waals surface area contributed by atoms with Gasteiger partial charge >= 0.3 is 0 Å². The van der Waals surface area contributed by atoms with Gasteiger partial charge in [-0.25, -0.2) is 0 Å². The maximum atomic E-state index is 13.6. The van der Waals surface area contributed by atoms with Crippen molar-refractivity contribution < 1.29 is 14.1 Å². The summed E-state index contributed by atoms with van der Waals surface area (Å²) in [7, 11) is 0. The van der Waals surface area contributed by atoms with Gasteiger partial charge in [0.1, 0.15) is 5.69 Å². The molecular weight excluding hydrogens is 446 g/mol. The van der Waals surface area contributed by atoms with Gasteiger partial charge in [-0.15, -0.1) is 0 Å². The largest absolute Gasteiger partial charge is 0.356 e. The predicted molar refractivity (Wildman–Crippen MR) is 127 cm³/mol. The van der Waals surface area contributed by atoms with Crippen molar-refractivity contribution in [1.82, 2.24) is 35.1 Å². The summed E-state index contributed by atoms with van der Waals surface area (Å²) in [6.07, 6.45) is 10.2. The molecule has 4 heterocycles. The van der Waals surface area contributed by atoms with E-state index in [1.54, 1.807) is 23.1 Å². The average Bonchev–Trinajstić information content (AvgIpc) is 3.64. The fourth-order valence-corrected chi connectivity index (χ4v) is 5.18. The number of pyridine rings is 1. The molecule has 0 aromatic carbocycles. The summed E-state index contributed by atoms with van der Waals surface area (Å²) in [4.78, 5) is 37.5. The fraction of sp³-hybridized carbons (Fsp3) is 0.520. The van der Waals surface area contributed by atoms with E-state index < -0.39 is 0 Å². The molecule has 2 amide bonds. The molecule has 10 heteroatoms. The van der Waals surface area contributed by atoms with Crippen LogP contribution in [-0.2, 0) is 11.3 Å². The Labute approximate surface area is 204 Å². The average molecular weight is 478 g/mol. The number of nitrogens with zero attached hydrogens (tertiary/aromatic N) is 6. The summed E-state index contributed by atoms with van der Waals surface area (Å²) in [5.41, 5.74) is 1.19. The fourth-order valence-electron chi connectivity index (χ4n) is 5.18. The van der Waals surface area contributed by atoms with Crippen molar-refractivity contribution in [3.63, 3.8) is 0 Å². The van der Waals surface area contributed by atoms with Crippen molar-refractivity contribution >= 4 is 11.8 Å². The maximum Gasteiger partial charge on any atom is 0.274 e. The van der Waals surface area contributed by atoms with Crippen molar-refractivity contribution in [1.29, 1.82) is 0 Å². The van der Waals surface area contributed by atoms with Crippen molar-refractivity contribution in [3.05, 3.63) is 48.4 Å². The number of fused-ring (bicyclic) bond motifs is 1. The molecular formula is C25H31N7O3. The Bertz CT molecular complexity index is 1160. The third-order valence-electron chi connectivity index (χ3n) is 7.05. The van der Waals surface area contributed by atoms with Crippen molar-refractivity contribution in [2.45, 2.75) is 64.0 Å². The zero-order chi connectivity index (χ0) is 24.2. The highest BCUT2D eigenvalue weighted by molar-refractivity contribution is 5.93. The first-order valence-electron chi connectivity index (χ1n) is 12.5. The molecule has 3 aromatic rings. The summed E-state index contributed by atoms with van der Waals surface area (Å²) in [6, 6.07) is 5.21. The highest BCUT2D eigenvalue weighted by Crippen LogP contribution is 2.41. The topological polar surface area (TPSA) is 119 Å². The van der Waals surface area contributed by atoms with Gasteiger partial charge < -0.3 is 14.7 Å². The highest BCUT2D eigenvalue weighted by Gasteiger charge is 2.46. The Hall–Kier alpha value is -3.56. The minimum absolute atomic E-state index is 0.0108. The van der Waals surface area contributed by atoms with E-state index in [-0.39, 0.29) is 29.7 Å². The zero-order valence-electron chi connectivity index (χ0n) is 20.0. The quantitative estimate of drug-likeness (QED) is 0.613. The van der Waals surface area contributed by atoms with Crippen LogP contribution in [0.1, 0.15) is 67.7 Å². The number of carbonyl (C=O) groups is 2. The minimum atomic E-state index is -0.343. The predicted octanol–water partition coefficient (Wildman–Crippen LogP) is 3.04. The summed E-state index contributed by atoms with van der Waals surface area (Å²) < 4.78 is 7.38. The SMILES string of the molecule is CCn1ccc(C(=O)N2CCCCCCNC(=O)[C@@H]3C[C@@H](c4nc(-c5cccnc5)no4)C[C@@H]32)n1. The zero-order valence-corrected chi connectivity index (χ0v) is 20.0. The van der Waals surface area contributed by atoms with Gasteiger partial charge in [0.2, 0.25) is 17.6 Å². The van der Waals surface area contributed by atoms with E-state index in [0.717, 1.165) is 31.2 Å². The lowest BCUT2D eigenvalue weighted by Crippen LogP contribution is -2.47. The van der Waals surface area contributed by atoms with Crippen LogP contribution < -0.4 is 5.32 Å². The molecule has 5 rings (SSSR count). The van der Waals surface area contributed by atoms with Gasteiger partial charge in [-0.05, 0) is 50.8 Å². The lowest BCUT2D eigenvalue weighted by molar-refractivity contribution is -0.126. The third-order valence-corrected chi connectivity index (χ3v) is 7.05. The van der Waals surface area contributed by atoms with Crippen LogP contribution in [0.2, 0.25) is 0 Å². The summed E-state index contributed by atoms with van der Waals surface area (Å²) in [5.74, 6) is 0.387. The van der Waals surface area contributed by atoms with E-state index in [1.807, 2.05) is 30.2 Å². The van der Waals surface area contributed by atoms with Gasteiger partial charge in [-0.1, -0.05) is 18.0 Å². The van der Waals surface area contributed by atoms with Crippen LogP contribution in [0.4, 0.5) is 0 Å². The first kappa shape index (κ1) is 23.2. The molecule has 3 atom stereocenters. The standard InChI is InChI=1S/C25H31N7O3/c1-2-31-13-9-20(29-31)25(34)32-12-6-4-3-5-11-27-23(33)19-14-18(15-21(19)32)24-28-22(30-35-24)17-8-7-10-26-16-17/h7-10,13,16,18-19,21H,2-6,11-12,14-15H2,1H3,(H,27,33)/t18-,19-,21+/m1/s1. The molecule has 1 aliphatic heterocycles. The van der Waals surface area contributed by atoms with E-state index in [1.165, 1.54) is 0 Å². The molecule has 2 aliphatic rings. The van der Waals surface area contributed by atoms with Crippen molar-refractivity contribution in [2.24, 2.45) is 5.92 Å². The van der Waals surface area contributed by atoms with Gasteiger partial charge in [0.15, 0.2) is 0 Å². The van der Waals surface area contributed by atoms with Crippen LogP contribution in [0, 0.1) is 5.92 Å². The Kier molecular flexibility index (Phi) is 6.87. The van der Waals surface area contributed by atoms with Crippen LogP contribution >= 0.6 is 0 Å². The van der Waals surface area contributed by atoms with Gasteiger partial charge in [0.25, 0.3) is 5.91 Å². The summed E-state index contributed by atoms with van der Waals surface area (Å²) >= 11 is 0. The molecule has 2 fully saturated rings. The number of nitrogens with one attached hydrogen (secondary N) is 1. The van der Waals surface area contributed by atoms with Crippen molar-refractivity contribution in [2.75, 3.05) is 13.1 Å². The molecule has 3 aromatic heterocycles. The molecule has 1 N–H and O–H groups in total. The van der Waals surface area contributed by atoms with E-state index in [9.17, 15) is 9.59 Å². The first-order valence-corrected chi connectivity index (χ1v) is 12.5. The molecule has 10 nitrogen and oxygen atoms in total. The lowest BCUT2D eigenvalue weighted by Gasteiger charge is -2.32. The molecule has 184 valence electrons. The van der Waals surface area contributed by atoms with Crippen LogP contribution in [0.5, 0.6) is 0 Å². The molecule has 0 bridgehead atoms. The number of amides is 2. The molecule has 35 heavy (non-hydrogen) atoms. The third kappa shape index (κ3) is 4.96. The molecule has 1 saturated heterocycles. The smallest absolute Gasteiger partial charge is 0.274 e. The normalized spacial score (nSPS) is 23.4. The minimum Gasteiger partial charge on any atom is -0.356 e. The van der Waals surface area contributed by atoms with Gasteiger partial charge in [0, 0.05) is 55.7 Å². The van der Waals surface area contributed by atoms with Crippen molar-refractivity contribution in [3.8, 4) is 11.4 Å². The summed E-state index contributed by atoms with van der Waals surface area (Å²) in [5, 5.41) is 11.7. The molecule has 1 aliphatic carbocycles. The monoisotopic (exact) mass is 477 g/mol.